The van der Waals surface area contributed by atoms with Gasteiger partial charge in [0, 0.05) is 32.5 Å². The normalized spacial score (nSPS) is 17.8. The zero-order valence-corrected chi connectivity index (χ0v) is 23.4. The summed E-state index contributed by atoms with van der Waals surface area (Å²) in [6, 6.07) is 1.93. The predicted molar refractivity (Wildman–Crippen MR) is 147 cm³/mol. The minimum Gasteiger partial charge on any atom is -0.373 e. The Morgan fingerprint density at radius 3 is 2.47 bits per heavy atom. The lowest BCUT2D eigenvalue weighted by atomic mass is 10.0. The summed E-state index contributed by atoms with van der Waals surface area (Å²) in [4.78, 5) is 11.3. The van der Waals surface area contributed by atoms with Gasteiger partial charge in [-0.1, -0.05) is 72.8 Å². The van der Waals surface area contributed by atoms with E-state index in [9.17, 15) is 8.92 Å². The molecule has 36 heavy (non-hydrogen) atoms. The summed E-state index contributed by atoms with van der Waals surface area (Å²) in [6.45, 7) is 10.9. The molecule has 1 N–H and O–H groups in total. The first-order chi connectivity index (χ1) is 17.4. The number of unbranched alkanes of at least 4 members (excludes halogenated alkanes) is 2. The van der Waals surface area contributed by atoms with Crippen LogP contribution in [0.1, 0.15) is 73.1 Å². The zero-order chi connectivity index (χ0) is 27.3. The molecule has 0 saturated heterocycles. The van der Waals surface area contributed by atoms with Crippen molar-refractivity contribution in [2.45, 2.75) is 79.2 Å². The number of nitrogens with zero attached hydrogens (tertiary/aromatic N) is 3. The summed E-state index contributed by atoms with van der Waals surface area (Å²) >= 11 is 0. The van der Waals surface area contributed by atoms with E-state index in [2.05, 4.69) is 41.0 Å². The van der Waals surface area contributed by atoms with E-state index >= 15 is 0 Å². The first-order valence-electron chi connectivity index (χ1n) is 12.8. The molecule has 0 bridgehead atoms. The third kappa shape index (κ3) is 12.9. The SMILES string of the molecule is CC.CCCCCC(C)CC.COC1C=C(Nc2ncnc3ccn(C)c23)/C=C\C/C(F)=C\1.COF. The molecule has 0 aliphatic heterocycles. The smallest absolute Gasteiger partial charge is 0.158 e. The maximum atomic E-state index is 13.5. The van der Waals surface area contributed by atoms with Crippen LogP contribution in [0.5, 0.6) is 0 Å². The monoisotopic (exact) mass is 508 g/mol. The minimum atomic E-state index is -0.418. The molecule has 0 fully saturated rings. The second-order valence-electron chi connectivity index (χ2n) is 8.21. The summed E-state index contributed by atoms with van der Waals surface area (Å²) in [5, 5.41) is 3.27. The maximum absolute atomic E-state index is 13.5. The van der Waals surface area contributed by atoms with Crippen LogP contribution in [0.4, 0.5) is 14.7 Å². The molecular weight excluding hydrogens is 462 g/mol. The average Bonchev–Trinajstić information content (AvgIpc) is 3.26. The number of aromatic nitrogens is 3. The third-order valence-corrected chi connectivity index (χ3v) is 5.49. The summed E-state index contributed by atoms with van der Waals surface area (Å²) in [5.41, 5.74) is 2.58. The van der Waals surface area contributed by atoms with Crippen molar-refractivity contribution < 1.29 is 18.6 Å². The highest BCUT2D eigenvalue weighted by molar-refractivity contribution is 5.87. The van der Waals surface area contributed by atoms with Crippen molar-refractivity contribution in [2.24, 2.45) is 13.0 Å². The van der Waals surface area contributed by atoms with Crippen LogP contribution in [0.25, 0.3) is 11.0 Å². The van der Waals surface area contributed by atoms with Crippen LogP contribution in [0.2, 0.25) is 0 Å². The molecule has 2 atom stereocenters. The van der Waals surface area contributed by atoms with Gasteiger partial charge >= 0.3 is 0 Å². The van der Waals surface area contributed by atoms with Gasteiger partial charge in [0.15, 0.2) is 5.82 Å². The Morgan fingerprint density at radius 1 is 1.17 bits per heavy atom. The highest BCUT2D eigenvalue weighted by Crippen LogP contribution is 2.22. The topological polar surface area (TPSA) is 61.2 Å². The summed E-state index contributed by atoms with van der Waals surface area (Å²) < 4.78 is 30.5. The predicted octanol–water partition coefficient (Wildman–Crippen LogP) is 8.25. The van der Waals surface area contributed by atoms with Crippen LogP contribution in [0.3, 0.4) is 0 Å². The third-order valence-electron chi connectivity index (χ3n) is 5.49. The van der Waals surface area contributed by atoms with Gasteiger partial charge in [-0.2, -0.15) is 4.94 Å². The van der Waals surface area contributed by atoms with Gasteiger partial charge in [0.1, 0.15) is 17.7 Å². The number of ether oxygens (including phenoxy) is 1. The van der Waals surface area contributed by atoms with Crippen molar-refractivity contribution in [3.63, 3.8) is 0 Å². The number of methoxy groups -OCH3 is 1. The fourth-order valence-electron chi connectivity index (χ4n) is 3.34. The Hall–Kier alpha value is -2.58. The molecular formula is C28H46F2N4O2. The van der Waals surface area contributed by atoms with Crippen LogP contribution in [0.15, 0.2) is 54.4 Å². The van der Waals surface area contributed by atoms with Gasteiger partial charge in [-0.05, 0) is 34.7 Å². The van der Waals surface area contributed by atoms with E-state index in [1.54, 1.807) is 13.2 Å². The highest BCUT2D eigenvalue weighted by atomic mass is 19.3. The number of rotatable bonds is 8. The van der Waals surface area contributed by atoms with Crippen molar-refractivity contribution in [3.05, 3.63) is 54.4 Å². The van der Waals surface area contributed by atoms with Gasteiger partial charge < -0.3 is 14.6 Å². The molecule has 3 rings (SSSR count). The number of hydrogen-bond donors (Lipinski definition) is 1. The number of allylic oxidation sites excluding steroid dienone is 3. The lowest BCUT2D eigenvalue weighted by Gasteiger charge is -2.14. The number of halogens is 2. The zero-order valence-electron chi connectivity index (χ0n) is 23.4. The number of anilines is 1. The summed E-state index contributed by atoms with van der Waals surface area (Å²) in [7, 11) is 4.45. The Morgan fingerprint density at radius 2 is 1.86 bits per heavy atom. The van der Waals surface area contributed by atoms with Gasteiger partial charge in [0.25, 0.3) is 0 Å². The Labute approximate surface area is 216 Å². The van der Waals surface area contributed by atoms with E-state index in [-0.39, 0.29) is 12.2 Å². The van der Waals surface area contributed by atoms with E-state index < -0.39 is 6.10 Å². The molecule has 2 aromatic rings. The Balaban J connectivity index is 0.000000735. The molecule has 2 unspecified atom stereocenters. The fourth-order valence-corrected chi connectivity index (χ4v) is 3.34. The lowest BCUT2D eigenvalue weighted by Crippen LogP contribution is -2.10. The standard InChI is InChI=1S/C16H17FN4O.C9H20.C2H6.CH3FO/c1-21-7-6-14-15(21)16(19-10-18-14)20-12-5-3-4-11(17)8-13(9-12)22-2;1-4-6-7-8-9(3)5-2;1-2;1-3-2/h3,5-10,13H,4H2,1-2H3,(H,18,19,20);9H,4-8H2,1-3H3;1-2H3;1H3/b5-3-,11-8+,12-9?;;;. The number of aryl methyl sites for hydroxylation is 1. The van der Waals surface area contributed by atoms with Crippen LogP contribution in [-0.2, 0) is 16.7 Å². The second-order valence-corrected chi connectivity index (χ2v) is 8.21. The molecule has 1 aliphatic carbocycles. The number of nitrogens with one attached hydrogen (secondary N) is 1. The van der Waals surface area contributed by atoms with Crippen molar-refractivity contribution in [3.8, 4) is 0 Å². The molecule has 8 heteroatoms. The van der Waals surface area contributed by atoms with E-state index in [4.69, 9.17) is 4.74 Å². The Kier molecular flexibility index (Phi) is 19.1. The summed E-state index contributed by atoms with van der Waals surface area (Å²) in [5.74, 6) is 1.45. The molecule has 0 amide bonds. The maximum Gasteiger partial charge on any atom is 0.158 e. The van der Waals surface area contributed by atoms with Crippen molar-refractivity contribution in [1.29, 1.82) is 0 Å². The van der Waals surface area contributed by atoms with E-state index in [0.717, 1.165) is 29.8 Å². The highest BCUT2D eigenvalue weighted by Gasteiger charge is 2.11. The fraction of sp³-hybridized carbons (Fsp3) is 0.571. The first kappa shape index (κ1) is 33.4. The molecule has 2 heterocycles. The molecule has 0 radical (unpaired) electrons. The van der Waals surface area contributed by atoms with Gasteiger partial charge in [0.05, 0.1) is 18.7 Å². The summed E-state index contributed by atoms with van der Waals surface area (Å²) in [6.07, 6.45) is 17.2. The Bertz CT molecular complexity index is 925. The van der Waals surface area contributed by atoms with Gasteiger partial charge in [-0.3, -0.25) is 0 Å². The molecule has 204 valence electrons. The lowest BCUT2D eigenvalue weighted by molar-refractivity contribution is -0.0960. The number of fused-ring (bicyclic) bond motifs is 1. The van der Waals surface area contributed by atoms with E-state index in [1.165, 1.54) is 44.5 Å². The number of hydrogen-bond acceptors (Lipinski definition) is 5. The van der Waals surface area contributed by atoms with Gasteiger partial charge in [0.2, 0.25) is 0 Å². The van der Waals surface area contributed by atoms with Crippen LogP contribution >= 0.6 is 0 Å². The minimum absolute atomic E-state index is 0.203. The quantitative estimate of drug-likeness (QED) is 0.364. The second kappa shape index (κ2) is 20.6. The average molecular weight is 509 g/mol. The van der Waals surface area contributed by atoms with E-state index in [1.807, 2.05) is 49.9 Å². The van der Waals surface area contributed by atoms with Crippen molar-refractivity contribution in [1.82, 2.24) is 14.5 Å². The largest absolute Gasteiger partial charge is 0.373 e. The van der Waals surface area contributed by atoms with Gasteiger partial charge in [-0.25, -0.2) is 14.4 Å². The van der Waals surface area contributed by atoms with Crippen molar-refractivity contribution >= 4 is 16.9 Å². The molecule has 2 aromatic heterocycles. The molecule has 1 aliphatic rings. The van der Waals surface area contributed by atoms with E-state index in [0.29, 0.717) is 5.82 Å². The van der Waals surface area contributed by atoms with Crippen LogP contribution in [-0.4, -0.2) is 34.9 Å². The molecule has 0 aromatic carbocycles. The molecule has 6 nitrogen and oxygen atoms in total. The van der Waals surface area contributed by atoms with Crippen molar-refractivity contribution in [2.75, 3.05) is 19.5 Å². The molecule has 0 saturated carbocycles. The molecule has 0 spiro atoms. The first-order valence-corrected chi connectivity index (χ1v) is 12.8. The van der Waals surface area contributed by atoms with Crippen LogP contribution < -0.4 is 5.32 Å². The van der Waals surface area contributed by atoms with Crippen LogP contribution in [0, 0.1) is 5.92 Å². The van der Waals surface area contributed by atoms with Gasteiger partial charge in [-0.15, -0.1) is 0 Å².